The van der Waals surface area contributed by atoms with Gasteiger partial charge in [-0.2, -0.15) is 0 Å². The van der Waals surface area contributed by atoms with Gasteiger partial charge in [0, 0.05) is 24.2 Å². The highest BCUT2D eigenvalue weighted by Gasteiger charge is 2.19. The molecule has 0 aliphatic carbocycles. The monoisotopic (exact) mass is 368 g/mol. The van der Waals surface area contributed by atoms with Crippen molar-refractivity contribution in [2.75, 3.05) is 27.9 Å². The van der Waals surface area contributed by atoms with Crippen LogP contribution in [-0.4, -0.2) is 38.8 Å². The van der Waals surface area contributed by atoms with E-state index in [4.69, 9.17) is 14.2 Å². The lowest BCUT2D eigenvalue weighted by molar-refractivity contribution is -0.120. The van der Waals surface area contributed by atoms with E-state index < -0.39 is 0 Å². The zero-order valence-corrected chi connectivity index (χ0v) is 15.8. The van der Waals surface area contributed by atoms with Crippen LogP contribution in [0, 0.1) is 0 Å². The third kappa shape index (κ3) is 4.00. The van der Waals surface area contributed by atoms with Crippen molar-refractivity contribution in [1.29, 1.82) is 0 Å². The Kier molecular flexibility index (Phi) is 5.86. The van der Waals surface area contributed by atoms with Gasteiger partial charge in [-0.3, -0.25) is 4.79 Å². The average Bonchev–Trinajstić information content (AvgIpc) is 3.09. The minimum atomic E-state index is 0.00672. The number of benzene rings is 2. The number of H-pyrrole nitrogens is 1. The molecule has 6 heteroatoms. The van der Waals surface area contributed by atoms with Gasteiger partial charge in [0.2, 0.25) is 11.7 Å². The van der Waals surface area contributed by atoms with Crippen molar-refractivity contribution < 1.29 is 19.0 Å². The van der Waals surface area contributed by atoms with E-state index in [2.05, 4.69) is 10.3 Å². The summed E-state index contributed by atoms with van der Waals surface area (Å²) in [4.78, 5) is 15.4. The van der Waals surface area contributed by atoms with Gasteiger partial charge in [-0.15, -0.1) is 0 Å². The molecule has 3 rings (SSSR count). The Bertz CT molecular complexity index is 919. The minimum absolute atomic E-state index is 0.00672. The molecule has 2 N–H and O–H groups in total. The van der Waals surface area contributed by atoms with E-state index in [0.29, 0.717) is 36.6 Å². The van der Waals surface area contributed by atoms with Gasteiger partial charge in [0.15, 0.2) is 11.5 Å². The first-order valence-corrected chi connectivity index (χ1v) is 8.77. The fourth-order valence-electron chi connectivity index (χ4n) is 3.20. The highest BCUT2D eigenvalue weighted by atomic mass is 16.5. The molecule has 0 spiro atoms. The van der Waals surface area contributed by atoms with Crippen LogP contribution < -0.4 is 19.5 Å². The molecular formula is C21H24N2O4. The molecule has 1 aromatic heterocycles. The number of rotatable bonds is 8. The van der Waals surface area contributed by atoms with Crippen molar-refractivity contribution in [3.63, 3.8) is 0 Å². The number of methoxy groups -OCH3 is 3. The van der Waals surface area contributed by atoms with Gasteiger partial charge < -0.3 is 24.5 Å². The second-order valence-electron chi connectivity index (χ2n) is 6.14. The number of amides is 1. The summed E-state index contributed by atoms with van der Waals surface area (Å²) in [5, 5.41) is 3.91. The Labute approximate surface area is 158 Å². The number of hydrogen-bond donors (Lipinski definition) is 2. The molecular weight excluding hydrogens is 344 g/mol. The highest BCUT2D eigenvalue weighted by molar-refractivity contribution is 5.94. The van der Waals surface area contributed by atoms with Crippen LogP contribution in [0.2, 0.25) is 0 Å². The number of aromatic nitrogens is 1. The zero-order valence-electron chi connectivity index (χ0n) is 15.8. The van der Waals surface area contributed by atoms with Crippen molar-refractivity contribution in [2.45, 2.75) is 12.8 Å². The first kappa shape index (κ1) is 18.6. The molecule has 6 nitrogen and oxygen atoms in total. The summed E-state index contributed by atoms with van der Waals surface area (Å²) in [5.74, 6) is 1.79. The number of nitrogens with one attached hydrogen (secondary N) is 2. The highest BCUT2D eigenvalue weighted by Crippen LogP contribution is 2.44. The molecule has 1 amide bonds. The van der Waals surface area contributed by atoms with E-state index in [9.17, 15) is 4.79 Å². The third-order valence-corrected chi connectivity index (χ3v) is 4.48. The quantitative estimate of drug-likeness (QED) is 0.641. The smallest absolute Gasteiger partial charge is 0.224 e. The van der Waals surface area contributed by atoms with Crippen LogP contribution in [-0.2, 0) is 17.6 Å². The molecule has 0 radical (unpaired) electrons. The zero-order chi connectivity index (χ0) is 19.2. The van der Waals surface area contributed by atoms with Gasteiger partial charge in [0.25, 0.3) is 0 Å². The number of hydrogen-bond acceptors (Lipinski definition) is 4. The maximum absolute atomic E-state index is 12.1. The van der Waals surface area contributed by atoms with Crippen LogP contribution in [0.15, 0.2) is 42.6 Å². The number of ether oxygens (including phenoxy) is 3. The predicted octanol–water partition coefficient (Wildman–Crippen LogP) is 3.10. The lowest BCUT2D eigenvalue weighted by Crippen LogP contribution is -2.27. The van der Waals surface area contributed by atoms with Crippen LogP contribution in [0.25, 0.3) is 10.9 Å². The number of fused-ring (bicyclic) bond motifs is 1. The Morgan fingerprint density at radius 1 is 1.04 bits per heavy atom. The van der Waals surface area contributed by atoms with Crippen molar-refractivity contribution >= 4 is 16.8 Å². The Morgan fingerprint density at radius 2 is 1.78 bits per heavy atom. The van der Waals surface area contributed by atoms with E-state index in [1.807, 2.05) is 42.6 Å². The van der Waals surface area contributed by atoms with Crippen molar-refractivity contribution in [2.24, 2.45) is 0 Å². The summed E-state index contributed by atoms with van der Waals surface area (Å²) in [6.45, 7) is 0.538. The van der Waals surface area contributed by atoms with Crippen molar-refractivity contribution in [3.05, 3.63) is 53.7 Å². The molecule has 0 aliphatic heterocycles. The lowest BCUT2D eigenvalue weighted by atomic mass is 10.1. The first-order chi connectivity index (χ1) is 13.2. The SMILES string of the molecule is COc1cc2[nH]cc(CCNC(=O)Cc3ccccc3)c2c(OC)c1OC. The topological polar surface area (TPSA) is 72.6 Å². The Balaban J connectivity index is 1.73. The van der Waals surface area contributed by atoms with Crippen molar-refractivity contribution in [3.8, 4) is 17.2 Å². The molecule has 0 fully saturated rings. The molecule has 0 aliphatic rings. The van der Waals surface area contributed by atoms with Gasteiger partial charge in [-0.1, -0.05) is 30.3 Å². The van der Waals surface area contributed by atoms with E-state index in [-0.39, 0.29) is 5.91 Å². The molecule has 3 aromatic rings. The predicted molar refractivity (Wildman–Crippen MR) is 105 cm³/mol. The maximum atomic E-state index is 12.1. The molecule has 0 saturated carbocycles. The summed E-state index contributed by atoms with van der Waals surface area (Å²) in [6.07, 6.45) is 2.98. The molecule has 1 heterocycles. The maximum Gasteiger partial charge on any atom is 0.224 e. The fraction of sp³-hybridized carbons (Fsp3) is 0.286. The molecule has 0 bridgehead atoms. The van der Waals surface area contributed by atoms with Crippen LogP contribution in [0.1, 0.15) is 11.1 Å². The lowest BCUT2D eigenvalue weighted by Gasteiger charge is -2.14. The largest absolute Gasteiger partial charge is 0.493 e. The summed E-state index contributed by atoms with van der Waals surface area (Å²) in [5.41, 5.74) is 2.94. The van der Waals surface area contributed by atoms with Gasteiger partial charge >= 0.3 is 0 Å². The summed E-state index contributed by atoms with van der Waals surface area (Å²) in [6, 6.07) is 11.6. The van der Waals surface area contributed by atoms with E-state index >= 15 is 0 Å². The number of carbonyl (C=O) groups excluding carboxylic acids is 1. The molecule has 142 valence electrons. The van der Waals surface area contributed by atoms with Gasteiger partial charge in [0.05, 0.1) is 33.3 Å². The third-order valence-electron chi connectivity index (χ3n) is 4.48. The second kappa shape index (κ2) is 8.49. The molecule has 0 unspecified atom stereocenters. The number of aromatic amines is 1. The van der Waals surface area contributed by atoms with Crippen molar-refractivity contribution in [1.82, 2.24) is 10.3 Å². The van der Waals surface area contributed by atoms with E-state index in [0.717, 1.165) is 22.0 Å². The summed E-state index contributed by atoms with van der Waals surface area (Å²) >= 11 is 0. The van der Waals surface area contributed by atoms with Crippen LogP contribution in [0.5, 0.6) is 17.2 Å². The summed E-state index contributed by atoms with van der Waals surface area (Å²) in [7, 11) is 4.78. The molecule has 0 saturated heterocycles. The fourth-order valence-corrected chi connectivity index (χ4v) is 3.20. The molecule has 27 heavy (non-hydrogen) atoms. The van der Waals surface area contributed by atoms with Gasteiger partial charge in [-0.05, 0) is 17.5 Å². The molecule has 0 atom stereocenters. The Hall–Kier alpha value is -3.15. The first-order valence-electron chi connectivity index (χ1n) is 8.77. The Morgan fingerprint density at radius 3 is 2.44 bits per heavy atom. The molecule has 2 aromatic carbocycles. The van der Waals surface area contributed by atoms with Gasteiger partial charge in [0.1, 0.15) is 0 Å². The van der Waals surface area contributed by atoms with Crippen LogP contribution in [0.4, 0.5) is 0 Å². The normalized spacial score (nSPS) is 10.6. The summed E-state index contributed by atoms with van der Waals surface area (Å²) < 4.78 is 16.4. The standard InChI is InChI=1S/C21H24N2O4/c1-25-17-12-16-19(21(27-3)20(17)26-2)15(13-23-16)9-10-22-18(24)11-14-7-5-4-6-8-14/h4-8,12-13,23H,9-11H2,1-3H3,(H,22,24). The van der Waals surface area contributed by atoms with E-state index in [1.54, 1.807) is 21.3 Å². The van der Waals surface area contributed by atoms with E-state index in [1.165, 1.54) is 0 Å². The van der Waals surface area contributed by atoms with Gasteiger partial charge in [-0.25, -0.2) is 0 Å². The number of carbonyl (C=O) groups is 1. The average molecular weight is 368 g/mol. The minimum Gasteiger partial charge on any atom is -0.493 e. The van der Waals surface area contributed by atoms with Crippen LogP contribution >= 0.6 is 0 Å². The van der Waals surface area contributed by atoms with Crippen LogP contribution in [0.3, 0.4) is 0 Å². The second-order valence-corrected chi connectivity index (χ2v) is 6.14.